The monoisotopic (exact) mass is 228 g/mol. The summed E-state index contributed by atoms with van der Waals surface area (Å²) in [6, 6.07) is 8.98. The lowest BCUT2D eigenvalue weighted by atomic mass is 9.93. The third kappa shape index (κ3) is 1.87. The number of nitrogens with two attached hydrogens (primary N) is 1. The number of para-hydroxylation sites is 1. The molecule has 1 aromatic heterocycles. The first-order valence-electron chi connectivity index (χ1n) is 6.57. The maximum Gasteiger partial charge on any atom is 0.0458 e. The van der Waals surface area contributed by atoms with Gasteiger partial charge in [0.2, 0.25) is 0 Å². The van der Waals surface area contributed by atoms with Crippen LogP contribution in [0.5, 0.6) is 0 Å². The van der Waals surface area contributed by atoms with Crippen LogP contribution < -0.4 is 5.73 Å². The molecular weight excluding hydrogens is 208 g/mol. The van der Waals surface area contributed by atoms with E-state index in [-0.39, 0.29) is 0 Å². The van der Waals surface area contributed by atoms with Gasteiger partial charge in [-0.2, -0.15) is 0 Å². The second kappa shape index (κ2) is 4.19. The largest absolute Gasteiger partial charge is 0.358 e. The van der Waals surface area contributed by atoms with Crippen LogP contribution in [-0.2, 0) is 6.42 Å². The fraction of sp³-hybridized carbons (Fsp3) is 0.467. The first-order chi connectivity index (χ1) is 8.25. The van der Waals surface area contributed by atoms with E-state index in [0.29, 0.717) is 12.0 Å². The standard InChI is InChI=1S/C15H20N2/c1-10-13(9-11-5-4-7-14(11)16)12-6-2-3-8-15(12)17-10/h2-3,6,8,11,14,17H,4-5,7,9,16H2,1H3. The highest BCUT2D eigenvalue weighted by Crippen LogP contribution is 2.31. The molecule has 1 aliphatic carbocycles. The number of rotatable bonds is 2. The van der Waals surface area contributed by atoms with Crippen molar-refractivity contribution < 1.29 is 0 Å². The number of aromatic amines is 1. The molecule has 2 aromatic rings. The van der Waals surface area contributed by atoms with Gasteiger partial charge in [-0.3, -0.25) is 0 Å². The molecule has 0 spiro atoms. The predicted octanol–water partition coefficient (Wildman–Crippen LogP) is 3.15. The van der Waals surface area contributed by atoms with Gasteiger partial charge in [0.25, 0.3) is 0 Å². The number of H-pyrrole nitrogens is 1. The fourth-order valence-corrected chi connectivity index (χ4v) is 3.18. The molecule has 0 aliphatic heterocycles. The van der Waals surface area contributed by atoms with Gasteiger partial charge in [-0.05, 0) is 43.7 Å². The van der Waals surface area contributed by atoms with Crippen molar-refractivity contribution in [1.82, 2.24) is 4.98 Å². The molecule has 1 saturated carbocycles. The summed E-state index contributed by atoms with van der Waals surface area (Å²) in [7, 11) is 0. The predicted molar refractivity (Wildman–Crippen MR) is 72.1 cm³/mol. The Balaban J connectivity index is 1.96. The Hall–Kier alpha value is -1.28. The number of aromatic nitrogens is 1. The Labute approximate surface area is 102 Å². The maximum atomic E-state index is 6.18. The highest BCUT2D eigenvalue weighted by Gasteiger charge is 2.25. The van der Waals surface area contributed by atoms with Crippen molar-refractivity contribution in [1.29, 1.82) is 0 Å². The highest BCUT2D eigenvalue weighted by molar-refractivity contribution is 5.84. The summed E-state index contributed by atoms with van der Waals surface area (Å²) in [6.07, 6.45) is 4.93. The van der Waals surface area contributed by atoms with Crippen molar-refractivity contribution in [2.75, 3.05) is 0 Å². The third-order valence-electron chi connectivity index (χ3n) is 4.21. The fourth-order valence-electron chi connectivity index (χ4n) is 3.18. The smallest absolute Gasteiger partial charge is 0.0458 e. The van der Waals surface area contributed by atoms with Crippen LogP contribution in [0.25, 0.3) is 10.9 Å². The van der Waals surface area contributed by atoms with Crippen LogP contribution >= 0.6 is 0 Å². The molecule has 1 aliphatic rings. The van der Waals surface area contributed by atoms with E-state index in [0.717, 1.165) is 6.42 Å². The minimum absolute atomic E-state index is 0.406. The van der Waals surface area contributed by atoms with E-state index in [2.05, 4.69) is 36.2 Å². The summed E-state index contributed by atoms with van der Waals surface area (Å²) in [6.45, 7) is 2.18. The van der Waals surface area contributed by atoms with Crippen LogP contribution in [0, 0.1) is 12.8 Å². The average molecular weight is 228 g/mol. The minimum atomic E-state index is 0.406. The maximum absolute atomic E-state index is 6.18. The molecule has 3 N–H and O–H groups in total. The Morgan fingerprint density at radius 3 is 2.88 bits per heavy atom. The summed E-state index contributed by atoms with van der Waals surface area (Å²) in [5.74, 6) is 0.674. The number of aryl methyl sites for hydroxylation is 1. The quantitative estimate of drug-likeness (QED) is 0.814. The van der Waals surface area contributed by atoms with Crippen molar-refractivity contribution in [2.45, 2.75) is 38.6 Å². The van der Waals surface area contributed by atoms with Crippen LogP contribution in [0.3, 0.4) is 0 Å². The molecule has 0 amide bonds. The van der Waals surface area contributed by atoms with Gasteiger partial charge in [0.05, 0.1) is 0 Å². The van der Waals surface area contributed by atoms with Gasteiger partial charge in [0, 0.05) is 22.6 Å². The highest BCUT2D eigenvalue weighted by atomic mass is 14.7. The van der Waals surface area contributed by atoms with Crippen LogP contribution in [0.4, 0.5) is 0 Å². The molecule has 1 heterocycles. The van der Waals surface area contributed by atoms with Gasteiger partial charge < -0.3 is 10.7 Å². The Morgan fingerprint density at radius 1 is 1.29 bits per heavy atom. The Kier molecular flexibility index (Phi) is 2.67. The van der Waals surface area contributed by atoms with E-state index < -0.39 is 0 Å². The van der Waals surface area contributed by atoms with Crippen molar-refractivity contribution in [3.05, 3.63) is 35.5 Å². The van der Waals surface area contributed by atoms with E-state index in [1.165, 1.54) is 41.4 Å². The number of benzene rings is 1. The summed E-state index contributed by atoms with van der Waals surface area (Å²) >= 11 is 0. The SMILES string of the molecule is Cc1[nH]c2ccccc2c1CC1CCCC1N. The number of hydrogen-bond acceptors (Lipinski definition) is 1. The van der Waals surface area contributed by atoms with E-state index in [9.17, 15) is 0 Å². The van der Waals surface area contributed by atoms with Gasteiger partial charge in [-0.25, -0.2) is 0 Å². The first-order valence-corrected chi connectivity index (χ1v) is 6.57. The summed E-state index contributed by atoms with van der Waals surface area (Å²) in [4.78, 5) is 3.48. The number of fused-ring (bicyclic) bond motifs is 1. The van der Waals surface area contributed by atoms with Crippen molar-refractivity contribution in [3.8, 4) is 0 Å². The molecule has 2 heteroatoms. The minimum Gasteiger partial charge on any atom is -0.358 e. The van der Waals surface area contributed by atoms with Gasteiger partial charge >= 0.3 is 0 Å². The zero-order chi connectivity index (χ0) is 11.8. The number of nitrogens with one attached hydrogen (secondary N) is 1. The van der Waals surface area contributed by atoms with E-state index in [1.807, 2.05) is 0 Å². The normalized spacial score (nSPS) is 24.6. The van der Waals surface area contributed by atoms with Crippen molar-refractivity contribution >= 4 is 10.9 Å². The lowest BCUT2D eigenvalue weighted by Crippen LogP contribution is -2.25. The summed E-state index contributed by atoms with van der Waals surface area (Å²) < 4.78 is 0. The van der Waals surface area contributed by atoms with Crippen molar-refractivity contribution in [2.24, 2.45) is 11.7 Å². The van der Waals surface area contributed by atoms with E-state index in [4.69, 9.17) is 5.73 Å². The van der Waals surface area contributed by atoms with Crippen LogP contribution in [0.2, 0.25) is 0 Å². The van der Waals surface area contributed by atoms with Gasteiger partial charge in [-0.1, -0.05) is 24.6 Å². The average Bonchev–Trinajstić information content (AvgIpc) is 2.85. The first kappa shape index (κ1) is 10.8. The van der Waals surface area contributed by atoms with E-state index in [1.54, 1.807) is 0 Å². The molecule has 17 heavy (non-hydrogen) atoms. The van der Waals surface area contributed by atoms with E-state index >= 15 is 0 Å². The van der Waals surface area contributed by atoms with Gasteiger partial charge in [-0.15, -0.1) is 0 Å². The lowest BCUT2D eigenvalue weighted by Gasteiger charge is -2.15. The summed E-state index contributed by atoms with van der Waals surface area (Å²) in [5, 5.41) is 1.38. The zero-order valence-corrected chi connectivity index (χ0v) is 10.4. The molecule has 0 bridgehead atoms. The number of hydrogen-bond donors (Lipinski definition) is 2. The van der Waals surface area contributed by atoms with Gasteiger partial charge in [0.15, 0.2) is 0 Å². The molecular formula is C15H20N2. The molecule has 2 atom stereocenters. The van der Waals surface area contributed by atoms with Crippen molar-refractivity contribution in [3.63, 3.8) is 0 Å². The molecule has 1 fully saturated rings. The zero-order valence-electron chi connectivity index (χ0n) is 10.4. The van der Waals surface area contributed by atoms with Crippen LogP contribution in [0.1, 0.15) is 30.5 Å². The second-order valence-electron chi connectivity index (χ2n) is 5.33. The molecule has 2 unspecified atom stereocenters. The lowest BCUT2D eigenvalue weighted by molar-refractivity contribution is 0.479. The molecule has 90 valence electrons. The van der Waals surface area contributed by atoms with Crippen LogP contribution in [0.15, 0.2) is 24.3 Å². The molecule has 0 radical (unpaired) electrons. The molecule has 3 rings (SSSR count). The third-order valence-corrected chi connectivity index (χ3v) is 4.21. The topological polar surface area (TPSA) is 41.8 Å². The second-order valence-corrected chi connectivity index (χ2v) is 5.33. The Morgan fingerprint density at radius 2 is 2.12 bits per heavy atom. The van der Waals surface area contributed by atoms with Gasteiger partial charge in [0.1, 0.15) is 0 Å². The Bertz CT molecular complexity index is 527. The molecule has 0 saturated heterocycles. The molecule has 2 nitrogen and oxygen atoms in total. The molecule has 1 aromatic carbocycles. The summed E-state index contributed by atoms with van der Waals surface area (Å²) in [5.41, 5.74) is 10.2. The van der Waals surface area contributed by atoms with Crippen LogP contribution in [-0.4, -0.2) is 11.0 Å².